The molecule has 1 spiro atoms. The van der Waals surface area contributed by atoms with Gasteiger partial charge in [-0.3, -0.25) is 14.4 Å². The molecule has 0 bridgehead atoms. The van der Waals surface area contributed by atoms with E-state index >= 15 is 0 Å². The lowest BCUT2D eigenvalue weighted by Gasteiger charge is -2.35. The third-order valence-corrected chi connectivity index (χ3v) is 9.51. The second-order valence-electron chi connectivity index (χ2n) is 9.75. The number of aliphatic hydroxyl groups excluding tert-OH is 1. The van der Waals surface area contributed by atoms with Gasteiger partial charge in [0, 0.05) is 30.6 Å². The monoisotopic (exact) mass is 504 g/mol. The molecule has 2 amide bonds. The number of hydrogen-bond acceptors (Lipinski definition) is 6. The molecule has 6 rings (SSSR count). The molecule has 4 aliphatic heterocycles. The molecule has 8 heteroatoms. The Balaban J connectivity index is 1.43. The Morgan fingerprint density at radius 3 is 2.69 bits per heavy atom. The summed E-state index contributed by atoms with van der Waals surface area (Å²) in [5.41, 5.74) is 0.781. The number of carbonyl (C=O) groups is 3. The molecular weight excluding hydrogens is 476 g/mol. The Morgan fingerprint density at radius 1 is 1.03 bits per heavy atom. The van der Waals surface area contributed by atoms with Crippen molar-refractivity contribution in [2.45, 2.75) is 28.9 Å². The highest BCUT2D eigenvalue weighted by atomic mass is 32.2. The summed E-state index contributed by atoms with van der Waals surface area (Å²) in [5, 5.41) is 11.2. The number of benzene rings is 2. The van der Waals surface area contributed by atoms with Crippen molar-refractivity contribution in [3.05, 3.63) is 66.8 Å². The van der Waals surface area contributed by atoms with E-state index in [2.05, 4.69) is 0 Å². The van der Waals surface area contributed by atoms with Crippen molar-refractivity contribution in [3.8, 4) is 0 Å². The van der Waals surface area contributed by atoms with Gasteiger partial charge in [0.2, 0.25) is 5.91 Å². The van der Waals surface area contributed by atoms with Gasteiger partial charge in [0.1, 0.15) is 12.6 Å². The van der Waals surface area contributed by atoms with Crippen LogP contribution in [0.4, 0.5) is 5.69 Å². The normalized spacial score (nSPS) is 31.2. The van der Waals surface area contributed by atoms with Gasteiger partial charge in [-0.25, -0.2) is 0 Å². The van der Waals surface area contributed by atoms with Gasteiger partial charge in [0.15, 0.2) is 0 Å². The number of hydrogen-bond donors (Lipinski definition) is 1. The second kappa shape index (κ2) is 9.09. The molecule has 0 saturated carbocycles. The fraction of sp³-hybridized carbons (Fsp3) is 0.393. The van der Waals surface area contributed by atoms with E-state index in [1.165, 1.54) is 0 Å². The maximum Gasteiger partial charge on any atom is 0.311 e. The van der Waals surface area contributed by atoms with E-state index in [1.807, 2.05) is 66.8 Å². The van der Waals surface area contributed by atoms with Gasteiger partial charge in [-0.2, -0.15) is 0 Å². The molecule has 0 aliphatic carbocycles. The topological polar surface area (TPSA) is 87.2 Å². The van der Waals surface area contributed by atoms with Gasteiger partial charge < -0.3 is 19.6 Å². The SMILES string of the molecule is O=C1OCC=C[C@H]2S[C@]34C=CCN(c5ccc6ccccc6c5)C(=O)C3N(CCCCO)C(=O)[C@@H]4[C@@H]12. The predicted molar refractivity (Wildman–Crippen MR) is 138 cm³/mol. The first kappa shape index (κ1) is 23.3. The molecule has 2 aromatic rings. The molecule has 7 nitrogen and oxygen atoms in total. The number of rotatable bonds is 5. The highest BCUT2D eigenvalue weighted by Crippen LogP contribution is 2.61. The summed E-state index contributed by atoms with van der Waals surface area (Å²) in [6.45, 7) is 0.969. The highest BCUT2D eigenvalue weighted by Gasteiger charge is 2.71. The number of anilines is 1. The van der Waals surface area contributed by atoms with Crippen molar-refractivity contribution in [1.29, 1.82) is 0 Å². The lowest BCUT2D eigenvalue weighted by molar-refractivity contribution is -0.151. The highest BCUT2D eigenvalue weighted by molar-refractivity contribution is 8.02. The first-order chi connectivity index (χ1) is 17.5. The Kier molecular flexibility index (Phi) is 5.88. The van der Waals surface area contributed by atoms with Crippen LogP contribution in [0.25, 0.3) is 10.8 Å². The number of fused-ring (bicyclic) bond motifs is 3. The Hall–Kier alpha value is -3.10. The summed E-state index contributed by atoms with van der Waals surface area (Å²) in [6.07, 6.45) is 8.88. The van der Waals surface area contributed by atoms with E-state index in [9.17, 15) is 19.5 Å². The zero-order valence-corrected chi connectivity index (χ0v) is 20.6. The van der Waals surface area contributed by atoms with Crippen LogP contribution in [0.15, 0.2) is 66.8 Å². The van der Waals surface area contributed by atoms with E-state index in [-0.39, 0.29) is 36.2 Å². The van der Waals surface area contributed by atoms with Gasteiger partial charge in [0.25, 0.3) is 5.91 Å². The summed E-state index contributed by atoms with van der Waals surface area (Å²) in [7, 11) is 0. The van der Waals surface area contributed by atoms with Crippen molar-refractivity contribution >= 4 is 46.0 Å². The summed E-state index contributed by atoms with van der Waals surface area (Å²) in [6, 6.07) is 13.2. The number of likely N-dealkylation sites (tertiary alicyclic amines) is 1. The van der Waals surface area contributed by atoms with E-state index in [0.717, 1.165) is 16.5 Å². The smallest absolute Gasteiger partial charge is 0.311 e. The fourth-order valence-electron chi connectivity index (χ4n) is 6.18. The molecule has 4 heterocycles. The molecular formula is C28H28N2O5S. The number of amides is 2. The molecule has 1 N–H and O–H groups in total. The summed E-state index contributed by atoms with van der Waals surface area (Å²) >= 11 is 1.54. The first-order valence-electron chi connectivity index (χ1n) is 12.5. The van der Waals surface area contributed by atoms with Crippen molar-refractivity contribution in [3.63, 3.8) is 0 Å². The molecule has 36 heavy (non-hydrogen) atoms. The van der Waals surface area contributed by atoms with Gasteiger partial charge in [-0.05, 0) is 35.7 Å². The second-order valence-corrected chi connectivity index (χ2v) is 11.2. The van der Waals surface area contributed by atoms with E-state index < -0.39 is 22.6 Å². The van der Waals surface area contributed by atoms with Crippen molar-refractivity contribution in [2.75, 3.05) is 31.2 Å². The number of cyclic esters (lactones) is 1. The third kappa shape index (κ3) is 3.50. The first-order valence-corrected chi connectivity index (χ1v) is 13.3. The molecule has 4 aliphatic rings. The van der Waals surface area contributed by atoms with Crippen molar-refractivity contribution in [2.24, 2.45) is 11.8 Å². The Labute approximate surface area is 213 Å². The maximum absolute atomic E-state index is 14.3. The van der Waals surface area contributed by atoms with Crippen LogP contribution >= 0.6 is 11.8 Å². The van der Waals surface area contributed by atoms with Gasteiger partial charge in [-0.15, -0.1) is 11.8 Å². The summed E-state index contributed by atoms with van der Waals surface area (Å²) in [5.74, 6) is -1.99. The zero-order chi connectivity index (χ0) is 24.9. The zero-order valence-electron chi connectivity index (χ0n) is 19.8. The molecule has 186 valence electrons. The lowest BCUT2D eigenvalue weighted by atomic mass is 9.78. The molecule has 0 radical (unpaired) electrons. The van der Waals surface area contributed by atoms with Crippen LogP contribution in [0.5, 0.6) is 0 Å². The van der Waals surface area contributed by atoms with Crippen LogP contribution in [-0.4, -0.2) is 70.1 Å². The minimum atomic E-state index is -0.852. The average Bonchev–Trinajstić information content (AvgIpc) is 3.18. The maximum atomic E-state index is 14.3. The number of aliphatic hydroxyl groups is 1. The van der Waals surface area contributed by atoms with Crippen LogP contribution < -0.4 is 4.90 Å². The molecule has 2 aromatic carbocycles. The van der Waals surface area contributed by atoms with Crippen molar-refractivity contribution in [1.82, 2.24) is 4.90 Å². The molecule has 2 saturated heterocycles. The molecule has 2 fully saturated rings. The van der Waals surface area contributed by atoms with Crippen LogP contribution in [0.3, 0.4) is 0 Å². The Bertz CT molecular complexity index is 1290. The average molecular weight is 505 g/mol. The van der Waals surface area contributed by atoms with E-state index in [4.69, 9.17) is 4.74 Å². The number of ether oxygens (including phenoxy) is 1. The molecule has 1 unspecified atom stereocenters. The lowest BCUT2D eigenvalue weighted by Crippen LogP contribution is -2.53. The van der Waals surface area contributed by atoms with Gasteiger partial charge in [-0.1, -0.05) is 54.6 Å². The van der Waals surface area contributed by atoms with Crippen LogP contribution in [0, 0.1) is 11.8 Å². The van der Waals surface area contributed by atoms with E-state index in [0.29, 0.717) is 25.9 Å². The predicted octanol–water partition coefficient (Wildman–Crippen LogP) is 2.93. The number of carbonyl (C=O) groups excluding carboxylic acids is 3. The fourth-order valence-corrected chi connectivity index (χ4v) is 8.18. The summed E-state index contributed by atoms with van der Waals surface area (Å²) < 4.78 is 4.56. The number of thioether (sulfide) groups is 1. The minimum absolute atomic E-state index is 0.0227. The largest absolute Gasteiger partial charge is 0.461 e. The van der Waals surface area contributed by atoms with Gasteiger partial charge in [0.05, 0.1) is 16.6 Å². The molecule has 0 aromatic heterocycles. The van der Waals surface area contributed by atoms with Gasteiger partial charge >= 0.3 is 5.97 Å². The number of esters is 1. The van der Waals surface area contributed by atoms with E-state index in [1.54, 1.807) is 21.6 Å². The number of nitrogens with zero attached hydrogens (tertiary/aromatic N) is 2. The van der Waals surface area contributed by atoms with Crippen molar-refractivity contribution < 1.29 is 24.2 Å². The van der Waals surface area contributed by atoms with Crippen LogP contribution in [0.1, 0.15) is 12.8 Å². The molecule has 5 atom stereocenters. The van der Waals surface area contributed by atoms with Crippen LogP contribution in [-0.2, 0) is 19.1 Å². The quantitative estimate of drug-likeness (QED) is 0.383. The summed E-state index contributed by atoms with van der Waals surface area (Å²) in [4.78, 5) is 44.7. The third-order valence-electron chi connectivity index (χ3n) is 7.77. The minimum Gasteiger partial charge on any atom is -0.461 e. The number of unbranched alkanes of at least 4 members (excludes halogenated alkanes) is 1. The Morgan fingerprint density at radius 2 is 1.86 bits per heavy atom. The standard InChI is InChI=1S/C28H28N2O5S/c31-15-4-3-13-30-24-26(33)29(20-11-10-18-7-1-2-8-19(18)17-20)14-6-12-28(24)23(25(30)32)22-21(36-28)9-5-16-35-27(22)34/h1-2,5-12,17,21-24,31H,3-4,13-16H2/t21-,22+,23+,24?,28+/m1/s1. The van der Waals surface area contributed by atoms with Crippen LogP contribution in [0.2, 0.25) is 0 Å².